The van der Waals surface area contributed by atoms with Crippen molar-refractivity contribution >= 4 is 34.7 Å². The van der Waals surface area contributed by atoms with E-state index in [0.717, 1.165) is 48.4 Å². The van der Waals surface area contributed by atoms with Gasteiger partial charge in [-0.3, -0.25) is 4.79 Å². The molecule has 4 rings (SSSR count). The highest BCUT2D eigenvalue weighted by atomic mass is 32.2. The molecule has 29 heavy (non-hydrogen) atoms. The van der Waals surface area contributed by atoms with Gasteiger partial charge in [-0.05, 0) is 49.5 Å². The Balaban J connectivity index is 1.47. The zero-order valence-electron chi connectivity index (χ0n) is 16.5. The molecular formula is C21H26N6OS. The van der Waals surface area contributed by atoms with Gasteiger partial charge in [0.15, 0.2) is 0 Å². The van der Waals surface area contributed by atoms with Crippen molar-refractivity contribution in [3.8, 4) is 0 Å². The number of amides is 1. The number of fused-ring (bicyclic) bond motifs is 1. The number of hydrogen-bond donors (Lipinski definition) is 2. The summed E-state index contributed by atoms with van der Waals surface area (Å²) in [6, 6.07) is 9.65. The molecule has 2 atom stereocenters. The lowest BCUT2D eigenvalue weighted by Gasteiger charge is -2.32. The second kappa shape index (κ2) is 9.26. The summed E-state index contributed by atoms with van der Waals surface area (Å²) in [5.74, 6) is 2.48. The molecule has 0 radical (unpaired) electrons. The van der Waals surface area contributed by atoms with Gasteiger partial charge in [-0.15, -0.1) is 0 Å². The molecule has 0 saturated carbocycles. The van der Waals surface area contributed by atoms with Crippen LogP contribution >= 0.6 is 11.8 Å². The van der Waals surface area contributed by atoms with E-state index >= 15 is 0 Å². The molecule has 1 amide bonds. The van der Waals surface area contributed by atoms with Gasteiger partial charge < -0.3 is 15.2 Å². The maximum Gasteiger partial charge on any atom is 0.225 e. The zero-order chi connectivity index (χ0) is 20.1. The van der Waals surface area contributed by atoms with Crippen LogP contribution in [0.5, 0.6) is 0 Å². The van der Waals surface area contributed by atoms with Crippen molar-refractivity contribution in [2.45, 2.75) is 25.3 Å². The number of anilines is 1. The number of aromatic nitrogens is 4. The SMILES string of the molecule is CSCC[C@H](NC(=O)[C@H]1CCCN(c2ncccn2)C1)c1nc2ccccc2[nH]1. The molecule has 1 saturated heterocycles. The average molecular weight is 411 g/mol. The van der Waals surface area contributed by atoms with Crippen LogP contribution in [0.2, 0.25) is 0 Å². The first-order valence-electron chi connectivity index (χ1n) is 10.0. The van der Waals surface area contributed by atoms with Crippen molar-refractivity contribution < 1.29 is 4.79 Å². The summed E-state index contributed by atoms with van der Waals surface area (Å²) >= 11 is 1.77. The highest BCUT2D eigenvalue weighted by Crippen LogP contribution is 2.24. The van der Waals surface area contributed by atoms with Crippen molar-refractivity contribution in [2.24, 2.45) is 5.92 Å². The van der Waals surface area contributed by atoms with E-state index in [4.69, 9.17) is 4.98 Å². The fraction of sp³-hybridized carbons (Fsp3) is 0.429. The predicted molar refractivity (Wildman–Crippen MR) is 117 cm³/mol. The quantitative estimate of drug-likeness (QED) is 0.622. The van der Waals surface area contributed by atoms with Crippen LogP contribution in [-0.4, -0.2) is 50.9 Å². The number of benzene rings is 1. The van der Waals surface area contributed by atoms with Gasteiger partial charge in [-0.2, -0.15) is 11.8 Å². The normalized spacial score (nSPS) is 18.0. The number of nitrogens with one attached hydrogen (secondary N) is 2. The van der Waals surface area contributed by atoms with Gasteiger partial charge in [0.2, 0.25) is 11.9 Å². The largest absolute Gasteiger partial charge is 0.346 e. The molecule has 1 aromatic carbocycles. The fourth-order valence-corrected chi connectivity index (χ4v) is 4.24. The number of carbonyl (C=O) groups excluding carboxylic acids is 1. The third kappa shape index (κ3) is 4.70. The number of piperidine rings is 1. The van der Waals surface area contributed by atoms with Crippen LogP contribution in [0.3, 0.4) is 0 Å². The van der Waals surface area contributed by atoms with E-state index in [2.05, 4.69) is 31.4 Å². The lowest BCUT2D eigenvalue weighted by molar-refractivity contribution is -0.126. The molecule has 7 nitrogen and oxygen atoms in total. The van der Waals surface area contributed by atoms with Crippen LogP contribution in [0, 0.1) is 5.92 Å². The van der Waals surface area contributed by atoms with Gasteiger partial charge in [0.25, 0.3) is 0 Å². The van der Waals surface area contributed by atoms with Gasteiger partial charge in [-0.25, -0.2) is 15.0 Å². The highest BCUT2D eigenvalue weighted by molar-refractivity contribution is 7.98. The molecule has 0 aliphatic carbocycles. The maximum absolute atomic E-state index is 13.1. The fourth-order valence-electron chi connectivity index (χ4n) is 3.77. The second-order valence-electron chi connectivity index (χ2n) is 7.32. The molecule has 2 N–H and O–H groups in total. The Morgan fingerprint density at radius 2 is 2.14 bits per heavy atom. The molecule has 0 unspecified atom stereocenters. The summed E-state index contributed by atoms with van der Waals surface area (Å²) in [5.41, 5.74) is 1.92. The minimum absolute atomic E-state index is 0.0753. The van der Waals surface area contributed by atoms with Crippen LogP contribution in [0.15, 0.2) is 42.7 Å². The first-order valence-corrected chi connectivity index (χ1v) is 11.4. The van der Waals surface area contributed by atoms with Crippen LogP contribution < -0.4 is 10.2 Å². The number of rotatable bonds is 7. The standard InChI is InChI=1S/C21H26N6OS/c1-29-13-9-18(19-24-16-7-2-3-8-17(16)25-19)26-20(28)15-6-4-12-27(14-15)21-22-10-5-11-23-21/h2-3,5,7-8,10-11,15,18H,4,6,9,12-14H2,1H3,(H,24,25)(H,26,28)/t15-,18-/m0/s1. The van der Waals surface area contributed by atoms with Crippen LogP contribution in [0.1, 0.15) is 31.1 Å². The highest BCUT2D eigenvalue weighted by Gasteiger charge is 2.29. The van der Waals surface area contributed by atoms with Crippen LogP contribution in [-0.2, 0) is 4.79 Å². The summed E-state index contributed by atoms with van der Waals surface area (Å²) in [7, 11) is 0. The molecule has 0 spiro atoms. The summed E-state index contributed by atoms with van der Waals surface area (Å²) < 4.78 is 0. The van der Waals surface area contributed by atoms with E-state index in [0.29, 0.717) is 12.5 Å². The molecule has 3 aromatic rings. The number of carbonyl (C=O) groups is 1. The Morgan fingerprint density at radius 1 is 1.31 bits per heavy atom. The number of aromatic amines is 1. The number of H-pyrrole nitrogens is 1. The molecule has 3 heterocycles. The Hall–Kier alpha value is -2.61. The lowest BCUT2D eigenvalue weighted by Crippen LogP contribution is -2.44. The van der Waals surface area contributed by atoms with E-state index in [1.165, 1.54) is 0 Å². The molecule has 8 heteroatoms. The first kappa shape index (κ1) is 19.7. The number of hydrogen-bond acceptors (Lipinski definition) is 6. The Morgan fingerprint density at radius 3 is 2.93 bits per heavy atom. The van der Waals surface area contributed by atoms with Gasteiger partial charge in [0.1, 0.15) is 5.82 Å². The molecule has 0 bridgehead atoms. The van der Waals surface area contributed by atoms with Gasteiger partial charge in [-0.1, -0.05) is 12.1 Å². The zero-order valence-corrected chi connectivity index (χ0v) is 17.4. The van der Waals surface area contributed by atoms with Crippen molar-refractivity contribution in [2.75, 3.05) is 30.0 Å². The van der Waals surface area contributed by atoms with Gasteiger partial charge >= 0.3 is 0 Å². The van der Waals surface area contributed by atoms with Gasteiger partial charge in [0.05, 0.1) is 23.0 Å². The maximum atomic E-state index is 13.1. The van der Waals surface area contributed by atoms with Crippen LogP contribution in [0.4, 0.5) is 5.95 Å². The minimum Gasteiger partial charge on any atom is -0.346 e. The molecule has 1 aliphatic heterocycles. The van der Waals surface area contributed by atoms with Crippen molar-refractivity contribution in [3.05, 3.63) is 48.5 Å². The van der Waals surface area contributed by atoms with E-state index in [1.807, 2.05) is 24.3 Å². The lowest BCUT2D eigenvalue weighted by atomic mass is 9.97. The van der Waals surface area contributed by atoms with E-state index in [-0.39, 0.29) is 17.9 Å². The molecular weight excluding hydrogens is 384 g/mol. The molecule has 1 aliphatic rings. The Kier molecular flexibility index (Phi) is 6.29. The summed E-state index contributed by atoms with van der Waals surface area (Å²) in [6.07, 6.45) is 8.24. The molecule has 2 aromatic heterocycles. The van der Waals surface area contributed by atoms with E-state index < -0.39 is 0 Å². The number of imidazole rings is 1. The minimum atomic E-state index is -0.120. The molecule has 152 valence electrons. The van der Waals surface area contributed by atoms with Gasteiger partial charge in [0, 0.05) is 25.5 Å². The molecule has 1 fully saturated rings. The third-order valence-corrected chi connectivity index (χ3v) is 5.94. The van der Waals surface area contributed by atoms with Crippen LogP contribution in [0.25, 0.3) is 11.0 Å². The first-order chi connectivity index (χ1) is 14.2. The monoisotopic (exact) mass is 410 g/mol. The van der Waals surface area contributed by atoms with Crippen molar-refractivity contribution in [1.82, 2.24) is 25.3 Å². The average Bonchev–Trinajstić information content (AvgIpc) is 3.21. The number of thioether (sulfide) groups is 1. The van der Waals surface area contributed by atoms with E-state index in [1.54, 1.807) is 30.2 Å². The second-order valence-corrected chi connectivity index (χ2v) is 8.30. The summed E-state index contributed by atoms with van der Waals surface area (Å²) in [4.78, 5) is 32.0. The Bertz CT molecular complexity index is 914. The Labute approximate surface area is 174 Å². The number of nitrogens with zero attached hydrogens (tertiary/aromatic N) is 4. The third-order valence-electron chi connectivity index (χ3n) is 5.29. The van der Waals surface area contributed by atoms with E-state index in [9.17, 15) is 4.79 Å². The van der Waals surface area contributed by atoms with Crippen molar-refractivity contribution in [1.29, 1.82) is 0 Å². The smallest absolute Gasteiger partial charge is 0.225 e. The van der Waals surface area contributed by atoms with Crippen molar-refractivity contribution in [3.63, 3.8) is 0 Å². The summed E-state index contributed by atoms with van der Waals surface area (Å²) in [5, 5.41) is 3.26. The topological polar surface area (TPSA) is 86.8 Å². The summed E-state index contributed by atoms with van der Waals surface area (Å²) in [6.45, 7) is 1.53. The number of para-hydroxylation sites is 2. The predicted octanol–water partition coefficient (Wildman–Crippen LogP) is 3.18.